The highest BCUT2D eigenvalue weighted by atomic mass is 19.1. The van der Waals surface area contributed by atoms with Crippen LogP contribution in [0, 0.1) is 5.82 Å². The highest BCUT2D eigenvalue weighted by molar-refractivity contribution is 5.54. The number of benzene rings is 1. The normalized spacial score (nSPS) is 18.9. The van der Waals surface area contributed by atoms with Crippen LogP contribution < -0.4 is 10.6 Å². The van der Waals surface area contributed by atoms with Crippen LogP contribution in [0.25, 0.3) is 0 Å². The predicted molar refractivity (Wildman–Crippen MR) is 87.3 cm³/mol. The molecule has 1 saturated heterocycles. The molecule has 118 valence electrons. The molecule has 1 aliphatic rings. The van der Waals surface area contributed by atoms with Gasteiger partial charge in [-0.3, -0.25) is 4.90 Å². The van der Waals surface area contributed by atoms with Crippen molar-refractivity contribution in [1.82, 2.24) is 4.90 Å². The molecule has 21 heavy (non-hydrogen) atoms. The van der Waals surface area contributed by atoms with Gasteiger partial charge in [-0.05, 0) is 57.9 Å². The zero-order valence-corrected chi connectivity index (χ0v) is 13.7. The molecule has 0 bridgehead atoms. The van der Waals surface area contributed by atoms with Gasteiger partial charge in [-0.2, -0.15) is 0 Å². The van der Waals surface area contributed by atoms with Gasteiger partial charge >= 0.3 is 0 Å². The minimum Gasteiger partial charge on any atom is -0.369 e. The molecule has 0 amide bonds. The first-order chi connectivity index (χ1) is 9.77. The minimum atomic E-state index is -0.178. The molecule has 1 heterocycles. The molecule has 1 aliphatic heterocycles. The quantitative estimate of drug-likeness (QED) is 0.930. The largest absolute Gasteiger partial charge is 0.369 e. The first kappa shape index (κ1) is 16.2. The van der Waals surface area contributed by atoms with E-state index in [1.807, 2.05) is 13.0 Å². The number of nitrogens with two attached hydrogens (primary N) is 1. The summed E-state index contributed by atoms with van der Waals surface area (Å²) in [6.45, 7) is 12.8. The Hall–Kier alpha value is -1.13. The molecular formula is C17H28FN3. The molecule has 0 saturated carbocycles. The maximum atomic E-state index is 13.5. The lowest BCUT2D eigenvalue weighted by atomic mass is 10.0. The number of hydrogen-bond acceptors (Lipinski definition) is 3. The van der Waals surface area contributed by atoms with Crippen molar-refractivity contribution in [3.05, 3.63) is 29.6 Å². The van der Waals surface area contributed by atoms with Crippen LogP contribution in [0.3, 0.4) is 0 Å². The molecule has 1 aromatic carbocycles. The van der Waals surface area contributed by atoms with Crippen molar-refractivity contribution in [2.24, 2.45) is 5.73 Å². The summed E-state index contributed by atoms with van der Waals surface area (Å²) < 4.78 is 13.5. The smallest absolute Gasteiger partial charge is 0.123 e. The lowest BCUT2D eigenvalue weighted by Crippen LogP contribution is -2.53. The highest BCUT2D eigenvalue weighted by Crippen LogP contribution is 2.26. The Labute approximate surface area is 127 Å². The molecule has 1 aromatic rings. The van der Waals surface area contributed by atoms with E-state index in [0.29, 0.717) is 6.42 Å². The lowest BCUT2D eigenvalue weighted by molar-refractivity contribution is 0.128. The van der Waals surface area contributed by atoms with Gasteiger partial charge in [0.1, 0.15) is 5.82 Å². The van der Waals surface area contributed by atoms with E-state index in [2.05, 4.69) is 30.6 Å². The Kier molecular flexibility index (Phi) is 4.89. The molecule has 2 rings (SSSR count). The van der Waals surface area contributed by atoms with Gasteiger partial charge in [-0.15, -0.1) is 0 Å². The van der Waals surface area contributed by atoms with E-state index in [9.17, 15) is 4.39 Å². The average Bonchev–Trinajstić information content (AvgIpc) is 2.37. The Morgan fingerprint density at radius 2 is 1.81 bits per heavy atom. The SMILES string of the molecule is CC(N)Cc1cc(F)ccc1N1CCN(C(C)(C)C)CC1. The van der Waals surface area contributed by atoms with Crippen molar-refractivity contribution < 1.29 is 4.39 Å². The fourth-order valence-corrected chi connectivity index (χ4v) is 2.99. The van der Waals surface area contributed by atoms with Crippen molar-refractivity contribution >= 4 is 5.69 Å². The summed E-state index contributed by atoms with van der Waals surface area (Å²) in [4.78, 5) is 4.86. The van der Waals surface area contributed by atoms with Gasteiger partial charge in [-0.25, -0.2) is 4.39 Å². The van der Waals surface area contributed by atoms with Gasteiger partial charge < -0.3 is 10.6 Å². The van der Waals surface area contributed by atoms with Crippen molar-refractivity contribution in [1.29, 1.82) is 0 Å². The van der Waals surface area contributed by atoms with Crippen molar-refractivity contribution in [2.75, 3.05) is 31.1 Å². The number of halogens is 1. The number of nitrogens with zero attached hydrogens (tertiary/aromatic N) is 2. The molecule has 0 radical (unpaired) electrons. The predicted octanol–water partition coefficient (Wildman–Crippen LogP) is 2.64. The highest BCUT2D eigenvalue weighted by Gasteiger charge is 2.26. The molecule has 1 unspecified atom stereocenters. The van der Waals surface area contributed by atoms with Gasteiger partial charge in [0.2, 0.25) is 0 Å². The Morgan fingerprint density at radius 3 is 2.33 bits per heavy atom. The van der Waals surface area contributed by atoms with E-state index < -0.39 is 0 Å². The summed E-state index contributed by atoms with van der Waals surface area (Å²) in [7, 11) is 0. The first-order valence-corrected chi connectivity index (χ1v) is 7.81. The zero-order valence-electron chi connectivity index (χ0n) is 13.7. The van der Waals surface area contributed by atoms with Crippen LogP contribution in [0.15, 0.2) is 18.2 Å². The van der Waals surface area contributed by atoms with Crippen LogP contribution >= 0.6 is 0 Å². The molecular weight excluding hydrogens is 265 g/mol. The number of anilines is 1. The van der Waals surface area contributed by atoms with Gasteiger partial charge in [-0.1, -0.05) is 0 Å². The molecule has 2 N–H and O–H groups in total. The summed E-state index contributed by atoms with van der Waals surface area (Å²) in [5.74, 6) is -0.178. The van der Waals surface area contributed by atoms with E-state index >= 15 is 0 Å². The fraction of sp³-hybridized carbons (Fsp3) is 0.647. The fourth-order valence-electron chi connectivity index (χ4n) is 2.99. The molecule has 0 aliphatic carbocycles. The maximum Gasteiger partial charge on any atom is 0.123 e. The van der Waals surface area contributed by atoms with E-state index in [1.165, 1.54) is 0 Å². The molecule has 1 atom stereocenters. The van der Waals surface area contributed by atoms with Crippen LogP contribution in [-0.4, -0.2) is 42.7 Å². The third-order valence-corrected chi connectivity index (χ3v) is 4.15. The monoisotopic (exact) mass is 293 g/mol. The molecule has 1 fully saturated rings. The van der Waals surface area contributed by atoms with Crippen LogP contribution in [0.2, 0.25) is 0 Å². The third kappa shape index (κ3) is 4.17. The summed E-state index contributed by atoms with van der Waals surface area (Å²) in [6, 6.07) is 5.13. The second-order valence-electron chi connectivity index (χ2n) is 7.10. The molecule has 3 nitrogen and oxygen atoms in total. The van der Waals surface area contributed by atoms with Gasteiger partial charge in [0, 0.05) is 43.4 Å². The summed E-state index contributed by atoms with van der Waals surface area (Å²) >= 11 is 0. The third-order valence-electron chi connectivity index (χ3n) is 4.15. The van der Waals surface area contributed by atoms with Gasteiger partial charge in [0.05, 0.1) is 0 Å². The van der Waals surface area contributed by atoms with Crippen molar-refractivity contribution in [3.63, 3.8) is 0 Å². The van der Waals surface area contributed by atoms with Crippen molar-refractivity contribution in [2.45, 2.75) is 45.7 Å². The standard InChI is InChI=1S/C17H28FN3/c1-13(19)11-14-12-15(18)5-6-16(14)20-7-9-21(10-8-20)17(2,3)4/h5-6,12-13H,7-11,19H2,1-4H3. The summed E-state index contributed by atoms with van der Waals surface area (Å²) in [5, 5.41) is 0. The van der Waals surface area contributed by atoms with E-state index in [-0.39, 0.29) is 17.4 Å². The first-order valence-electron chi connectivity index (χ1n) is 7.81. The van der Waals surface area contributed by atoms with Crippen LogP contribution in [0.4, 0.5) is 10.1 Å². The topological polar surface area (TPSA) is 32.5 Å². The summed E-state index contributed by atoms with van der Waals surface area (Å²) in [5.41, 5.74) is 8.28. The van der Waals surface area contributed by atoms with Crippen LogP contribution in [0.5, 0.6) is 0 Å². The van der Waals surface area contributed by atoms with Gasteiger partial charge in [0.25, 0.3) is 0 Å². The Balaban J connectivity index is 2.13. The van der Waals surface area contributed by atoms with E-state index in [1.54, 1.807) is 12.1 Å². The number of rotatable bonds is 3. The Morgan fingerprint density at radius 1 is 1.19 bits per heavy atom. The molecule has 0 spiro atoms. The van der Waals surface area contributed by atoms with Crippen LogP contribution in [0.1, 0.15) is 33.3 Å². The minimum absolute atomic E-state index is 0.0430. The second-order valence-corrected chi connectivity index (χ2v) is 7.10. The second kappa shape index (κ2) is 6.32. The zero-order chi connectivity index (χ0) is 15.6. The number of hydrogen-bond donors (Lipinski definition) is 1. The maximum absolute atomic E-state index is 13.5. The average molecular weight is 293 g/mol. The lowest BCUT2D eigenvalue weighted by Gasteiger charge is -2.43. The van der Waals surface area contributed by atoms with E-state index in [0.717, 1.165) is 37.4 Å². The molecule has 0 aromatic heterocycles. The molecule has 4 heteroatoms. The van der Waals surface area contributed by atoms with Crippen molar-refractivity contribution in [3.8, 4) is 0 Å². The van der Waals surface area contributed by atoms with Gasteiger partial charge in [0.15, 0.2) is 0 Å². The Bertz CT molecular complexity index is 471. The summed E-state index contributed by atoms with van der Waals surface area (Å²) in [6.07, 6.45) is 0.715. The van der Waals surface area contributed by atoms with Crippen LogP contribution in [-0.2, 0) is 6.42 Å². The number of piperazine rings is 1. The van der Waals surface area contributed by atoms with E-state index in [4.69, 9.17) is 5.73 Å².